The van der Waals surface area contributed by atoms with Gasteiger partial charge in [0.15, 0.2) is 17.3 Å². The van der Waals surface area contributed by atoms with Crippen LogP contribution in [-0.2, 0) is 5.41 Å². The lowest BCUT2D eigenvalue weighted by Crippen LogP contribution is -2.31. The zero-order chi connectivity index (χ0) is 12.1. The number of benzene rings is 1. The Morgan fingerprint density at radius 2 is 2.00 bits per heavy atom. The molecule has 0 aliphatic heterocycles. The summed E-state index contributed by atoms with van der Waals surface area (Å²) in [6.07, 6.45) is 1.69. The van der Waals surface area contributed by atoms with Crippen LogP contribution < -0.4 is 5.73 Å². The van der Waals surface area contributed by atoms with Crippen molar-refractivity contribution in [2.24, 2.45) is 5.73 Å². The number of aromatic hydroxyl groups is 2. The Morgan fingerprint density at radius 3 is 2.44 bits per heavy atom. The Hall–Kier alpha value is -0.810. The number of hydrogen-bond acceptors (Lipinski definition) is 3. The highest BCUT2D eigenvalue weighted by Crippen LogP contribution is 2.55. The van der Waals surface area contributed by atoms with Crippen LogP contribution in [0.3, 0.4) is 0 Å². The lowest BCUT2D eigenvalue weighted by Gasteiger charge is -2.22. The molecule has 0 heterocycles. The summed E-state index contributed by atoms with van der Waals surface area (Å²) in [5, 5.41) is 19.2. The molecular weight excluding hydrogens is 277 g/mol. The van der Waals surface area contributed by atoms with Gasteiger partial charge in [-0.05, 0) is 41.8 Å². The van der Waals surface area contributed by atoms with E-state index in [4.69, 9.17) is 5.73 Å². The fraction of sp³-hybridized carbons (Fsp3) is 0.455. The molecule has 3 nitrogen and oxygen atoms in total. The summed E-state index contributed by atoms with van der Waals surface area (Å²) in [7, 11) is 0. The number of halogens is 2. The number of phenolic OH excluding ortho intramolecular Hbond substituents is 2. The van der Waals surface area contributed by atoms with E-state index in [1.165, 1.54) is 6.07 Å². The van der Waals surface area contributed by atoms with E-state index in [0.29, 0.717) is 5.56 Å². The molecule has 0 aromatic heterocycles. The molecule has 1 fully saturated rings. The third-order valence-electron chi connectivity index (χ3n) is 3.36. The first-order chi connectivity index (χ1) is 7.40. The summed E-state index contributed by atoms with van der Waals surface area (Å²) in [5.74, 6) is -1.95. The number of hydrogen-bond donors (Lipinski definition) is 3. The lowest BCUT2D eigenvalue weighted by molar-refractivity contribution is 0.367. The van der Waals surface area contributed by atoms with E-state index in [-0.39, 0.29) is 15.9 Å². The van der Waals surface area contributed by atoms with Crippen molar-refractivity contribution in [1.82, 2.24) is 0 Å². The van der Waals surface area contributed by atoms with Crippen LogP contribution in [0.1, 0.15) is 25.3 Å². The Kier molecular flexibility index (Phi) is 2.62. The highest BCUT2D eigenvalue weighted by Gasteiger charge is 2.49. The van der Waals surface area contributed by atoms with Crippen LogP contribution >= 0.6 is 15.9 Å². The molecule has 0 radical (unpaired) electrons. The van der Waals surface area contributed by atoms with Crippen molar-refractivity contribution in [2.45, 2.75) is 31.2 Å². The second-order valence-corrected chi connectivity index (χ2v) is 5.22. The summed E-state index contributed by atoms with van der Waals surface area (Å²) in [6, 6.07) is 1.36. The van der Waals surface area contributed by atoms with Gasteiger partial charge in [0.1, 0.15) is 0 Å². The molecule has 16 heavy (non-hydrogen) atoms. The molecule has 1 atom stereocenters. The van der Waals surface area contributed by atoms with Crippen molar-refractivity contribution in [3.05, 3.63) is 21.9 Å². The summed E-state index contributed by atoms with van der Waals surface area (Å²) in [6.45, 7) is 1.85. The largest absolute Gasteiger partial charge is 0.504 e. The van der Waals surface area contributed by atoms with Crippen molar-refractivity contribution in [1.29, 1.82) is 0 Å². The van der Waals surface area contributed by atoms with Crippen molar-refractivity contribution in [3.8, 4) is 11.5 Å². The summed E-state index contributed by atoms with van der Waals surface area (Å²) >= 11 is 3.01. The van der Waals surface area contributed by atoms with Crippen LogP contribution in [-0.4, -0.2) is 16.3 Å². The molecule has 0 saturated heterocycles. The van der Waals surface area contributed by atoms with Gasteiger partial charge >= 0.3 is 0 Å². The van der Waals surface area contributed by atoms with Gasteiger partial charge in [0.25, 0.3) is 0 Å². The number of phenols is 2. The number of nitrogens with two attached hydrogens (primary N) is 1. The summed E-state index contributed by atoms with van der Waals surface area (Å²) < 4.78 is 13.4. The van der Waals surface area contributed by atoms with Crippen molar-refractivity contribution in [3.63, 3.8) is 0 Å². The molecule has 1 aliphatic carbocycles. The quantitative estimate of drug-likeness (QED) is 0.733. The van der Waals surface area contributed by atoms with Gasteiger partial charge in [0.2, 0.25) is 0 Å². The predicted molar refractivity (Wildman–Crippen MR) is 62.0 cm³/mol. The molecule has 1 saturated carbocycles. The molecule has 0 bridgehead atoms. The Balaban J connectivity index is 2.59. The fourth-order valence-corrected chi connectivity index (χ4v) is 2.50. The van der Waals surface area contributed by atoms with Gasteiger partial charge in [0, 0.05) is 17.0 Å². The third-order valence-corrected chi connectivity index (χ3v) is 3.94. The van der Waals surface area contributed by atoms with Gasteiger partial charge < -0.3 is 15.9 Å². The van der Waals surface area contributed by atoms with E-state index in [1.807, 2.05) is 6.92 Å². The van der Waals surface area contributed by atoms with Gasteiger partial charge in [0.05, 0.1) is 4.47 Å². The molecule has 4 N–H and O–H groups in total. The fourth-order valence-electron chi connectivity index (χ4n) is 2.09. The Labute approximate surface area is 101 Å². The van der Waals surface area contributed by atoms with E-state index in [9.17, 15) is 14.6 Å². The molecule has 5 heteroatoms. The Morgan fingerprint density at radius 1 is 1.44 bits per heavy atom. The van der Waals surface area contributed by atoms with Crippen molar-refractivity contribution >= 4 is 15.9 Å². The molecule has 1 unspecified atom stereocenters. The van der Waals surface area contributed by atoms with Crippen LogP contribution in [0.15, 0.2) is 10.5 Å². The third kappa shape index (κ3) is 1.50. The highest BCUT2D eigenvalue weighted by molar-refractivity contribution is 9.10. The maximum Gasteiger partial charge on any atom is 0.195 e. The van der Waals surface area contributed by atoms with Crippen LogP contribution in [0.25, 0.3) is 0 Å². The minimum atomic E-state index is -0.846. The number of rotatable bonds is 2. The van der Waals surface area contributed by atoms with Crippen LogP contribution in [0.4, 0.5) is 4.39 Å². The van der Waals surface area contributed by atoms with E-state index < -0.39 is 17.3 Å². The van der Waals surface area contributed by atoms with Gasteiger partial charge in [-0.2, -0.15) is 0 Å². The van der Waals surface area contributed by atoms with Crippen LogP contribution in [0, 0.1) is 5.82 Å². The summed E-state index contributed by atoms with van der Waals surface area (Å²) in [5.41, 5.74) is 6.07. The van der Waals surface area contributed by atoms with E-state index in [1.54, 1.807) is 0 Å². The molecule has 1 aromatic rings. The van der Waals surface area contributed by atoms with Gasteiger partial charge in [-0.3, -0.25) is 0 Å². The first-order valence-corrected chi connectivity index (χ1v) is 5.85. The van der Waals surface area contributed by atoms with Crippen LogP contribution in [0.2, 0.25) is 0 Å². The van der Waals surface area contributed by atoms with E-state index >= 15 is 0 Å². The van der Waals surface area contributed by atoms with Gasteiger partial charge in [-0.1, -0.05) is 0 Å². The zero-order valence-corrected chi connectivity index (χ0v) is 10.4. The second-order valence-electron chi connectivity index (χ2n) is 4.36. The molecule has 0 spiro atoms. The van der Waals surface area contributed by atoms with Crippen molar-refractivity contribution < 1.29 is 14.6 Å². The zero-order valence-electron chi connectivity index (χ0n) is 8.80. The standard InChI is InChI=1S/C11H13BrFNO2/c1-5(14)11(2-3-11)6-4-7(12)8(13)10(16)9(6)15/h4-5,15-16H,2-3,14H2,1H3. The average molecular weight is 290 g/mol. The highest BCUT2D eigenvalue weighted by atomic mass is 79.9. The maximum atomic E-state index is 13.3. The van der Waals surface area contributed by atoms with Gasteiger partial charge in [-0.25, -0.2) is 4.39 Å². The smallest absolute Gasteiger partial charge is 0.195 e. The lowest BCUT2D eigenvalue weighted by atomic mass is 9.88. The molecular formula is C11H13BrFNO2. The molecule has 2 rings (SSSR count). The monoisotopic (exact) mass is 289 g/mol. The second kappa shape index (κ2) is 3.60. The molecule has 1 aliphatic rings. The Bertz CT molecular complexity index is 444. The minimum Gasteiger partial charge on any atom is -0.504 e. The topological polar surface area (TPSA) is 66.5 Å². The van der Waals surface area contributed by atoms with Gasteiger partial charge in [-0.15, -0.1) is 0 Å². The average Bonchev–Trinajstić information content (AvgIpc) is 3.01. The SMILES string of the molecule is CC(N)C1(c2cc(Br)c(F)c(O)c2O)CC1. The predicted octanol–water partition coefficient (Wildman–Crippen LogP) is 2.38. The summed E-state index contributed by atoms with van der Waals surface area (Å²) in [4.78, 5) is 0. The minimum absolute atomic E-state index is 0.143. The first-order valence-electron chi connectivity index (χ1n) is 5.06. The maximum absolute atomic E-state index is 13.3. The molecule has 0 amide bonds. The van der Waals surface area contributed by atoms with Crippen molar-refractivity contribution in [2.75, 3.05) is 0 Å². The molecule has 1 aromatic carbocycles. The van der Waals surface area contributed by atoms with E-state index in [2.05, 4.69) is 15.9 Å². The van der Waals surface area contributed by atoms with E-state index in [0.717, 1.165) is 12.8 Å². The normalized spacial score (nSPS) is 19.5. The molecule has 88 valence electrons. The first kappa shape index (κ1) is 11.7. The van der Waals surface area contributed by atoms with Crippen LogP contribution in [0.5, 0.6) is 11.5 Å².